The molecule has 19 heavy (non-hydrogen) atoms. The SMILES string of the molecule is O=C(O)c1cc(I)cn1-c1cccc2ccccc12. The van der Waals surface area contributed by atoms with Gasteiger partial charge in [-0.15, -0.1) is 0 Å². The smallest absolute Gasteiger partial charge is 0.352 e. The lowest BCUT2D eigenvalue weighted by molar-refractivity contribution is 0.0688. The van der Waals surface area contributed by atoms with Crippen LogP contribution >= 0.6 is 22.6 Å². The van der Waals surface area contributed by atoms with Crippen molar-refractivity contribution in [1.82, 2.24) is 4.57 Å². The Balaban J connectivity index is 2.33. The van der Waals surface area contributed by atoms with Crippen molar-refractivity contribution in [2.24, 2.45) is 0 Å². The summed E-state index contributed by atoms with van der Waals surface area (Å²) < 4.78 is 2.63. The number of rotatable bonds is 2. The van der Waals surface area contributed by atoms with Gasteiger partial charge in [0.1, 0.15) is 5.69 Å². The van der Waals surface area contributed by atoms with E-state index < -0.39 is 5.97 Å². The van der Waals surface area contributed by atoms with Gasteiger partial charge in [0.15, 0.2) is 0 Å². The second kappa shape index (κ2) is 4.70. The maximum Gasteiger partial charge on any atom is 0.352 e. The van der Waals surface area contributed by atoms with Gasteiger partial charge in [-0.05, 0) is 40.1 Å². The van der Waals surface area contributed by atoms with Crippen LogP contribution in [0.1, 0.15) is 10.5 Å². The summed E-state index contributed by atoms with van der Waals surface area (Å²) >= 11 is 2.13. The maximum absolute atomic E-state index is 11.3. The van der Waals surface area contributed by atoms with E-state index in [1.165, 1.54) is 0 Å². The van der Waals surface area contributed by atoms with Gasteiger partial charge in [0.25, 0.3) is 0 Å². The Kier molecular flexibility index (Phi) is 3.02. The van der Waals surface area contributed by atoms with Crippen molar-refractivity contribution in [1.29, 1.82) is 0 Å². The number of carbonyl (C=O) groups is 1. The first kappa shape index (κ1) is 12.2. The molecular formula is C15H10INO2. The Morgan fingerprint density at radius 3 is 2.63 bits per heavy atom. The lowest BCUT2D eigenvalue weighted by Gasteiger charge is -2.09. The maximum atomic E-state index is 11.3. The Bertz CT molecular complexity index is 771. The fourth-order valence-corrected chi connectivity index (χ4v) is 2.79. The Morgan fingerprint density at radius 2 is 1.84 bits per heavy atom. The van der Waals surface area contributed by atoms with Crippen molar-refractivity contribution in [3.63, 3.8) is 0 Å². The summed E-state index contributed by atoms with van der Waals surface area (Å²) in [7, 11) is 0. The summed E-state index contributed by atoms with van der Waals surface area (Å²) in [4.78, 5) is 11.3. The molecule has 1 N–H and O–H groups in total. The van der Waals surface area contributed by atoms with Crippen molar-refractivity contribution in [3.8, 4) is 5.69 Å². The van der Waals surface area contributed by atoms with Gasteiger partial charge < -0.3 is 9.67 Å². The third-order valence-corrected chi connectivity index (χ3v) is 3.62. The minimum atomic E-state index is -0.921. The Labute approximate surface area is 123 Å². The highest BCUT2D eigenvalue weighted by atomic mass is 127. The van der Waals surface area contributed by atoms with E-state index in [0.717, 1.165) is 20.0 Å². The van der Waals surface area contributed by atoms with Gasteiger partial charge in [0.2, 0.25) is 0 Å². The first-order valence-corrected chi connectivity index (χ1v) is 6.84. The second-order valence-corrected chi connectivity index (χ2v) is 5.46. The fourth-order valence-electron chi connectivity index (χ4n) is 2.21. The van der Waals surface area contributed by atoms with Gasteiger partial charge in [-0.1, -0.05) is 36.4 Å². The molecule has 0 aliphatic heterocycles. The number of carboxylic acids is 1. The lowest BCUT2D eigenvalue weighted by Crippen LogP contribution is -2.05. The molecule has 4 heteroatoms. The van der Waals surface area contributed by atoms with Gasteiger partial charge in [-0.25, -0.2) is 4.79 Å². The van der Waals surface area contributed by atoms with E-state index in [9.17, 15) is 9.90 Å². The molecule has 0 saturated heterocycles. The second-order valence-electron chi connectivity index (χ2n) is 4.22. The average molecular weight is 363 g/mol. The Hall–Kier alpha value is -1.82. The molecule has 0 unspecified atom stereocenters. The summed E-state index contributed by atoms with van der Waals surface area (Å²) in [6, 6.07) is 15.5. The van der Waals surface area contributed by atoms with E-state index >= 15 is 0 Å². The van der Waals surface area contributed by atoms with Crippen LogP contribution in [0.4, 0.5) is 0 Å². The minimum absolute atomic E-state index is 0.278. The van der Waals surface area contributed by atoms with Gasteiger partial charge in [0, 0.05) is 15.2 Å². The van der Waals surface area contributed by atoms with Crippen molar-refractivity contribution >= 4 is 39.3 Å². The molecule has 0 bridgehead atoms. The van der Waals surface area contributed by atoms with Crippen LogP contribution in [-0.4, -0.2) is 15.6 Å². The molecule has 1 aromatic heterocycles. The van der Waals surface area contributed by atoms with Crippen LogP contribution < -0.4 is 0 Å². The zero-order valence-corrected chi connectivity index (χ0v) is 12.0. The van der Waals surface area contributed by atoms with Crippen LogP contribution in [0.15, 0.2) is 54.7 Å². The molecule has 0 aliphatic rings. The molecule has 2 aromatic carbocycles. The lowest BCUT2D eigenvalue weighted by atomic mass is 10.1. The third kappa shape index (κ3) is 2.12. The first-order chi connectivity index (χ1) is 9.16. The normalized spacial score (nSPS) is 10.8. The van der Waals surface area contributed by atoms with Gasteiger partial charge in [-0.2, -0.15) is 0 Å². The number of fused-ring (bicyclic) bond motifs is 1. The van der Waals surface area contributed by atoms with Crippen LogP contribution in [0.3, 0.4) is 0 Å². The molecule has 3 rings (SSSR count). The van der Waals surface area contributed by atoms with Crippen LogP contribution in [0, 0.1) is 3.57 Å². The number of halogens is 1. The highest BCUT2D eigenvalue weighted by molar-refractivity contribution is 14.1. The molecule has 0 radical (unpaired) electrons. The van der Waals surface area contributed by atoms with Crippen LogP contribution in [-0.2, 0) is 0 Å². The summed E-state index contributed by atoms with van der Waals surface area (Å²) in [5.41, 5.74) is 1.17. The molecule has 3 aromatic rings. The van der Waals surface area contributed by atoms with Crippen molar-refractivity contribution in [2.75, 3.05) is 0 Å². The number of benzene rings is 2. The van der Waals surface area contributed by atoms with Crippen LogP contribution in [0.5, 0.6) is 0 Å². The van der Waals surface area contributed by atoms with Crippen molar-refractivity contribution < 1.29 is 9.90 Å². The number of nitrogens with zero attached hydrogens (tertiary/aromatic N) is 1. The fraction of sp³-hybridized carbons (Fsp3) is 0. The summed E-state index contributed by atoms with van der Waals surface area (Å²) in [5.74, 6) is -0.921. The van der Waals surface area contributed by atoms with Crippen LogP contribution in [0.2, 0.25) is 0 Å². The molecule has 0 spiro atoms. The molecule has 0 aliphatic carbocycles. The van der Waals surface area contributed by atoms with Gasteiger partial charge >= 0.3 is 5.97 Å². The van der Waals surface area contributed by atoms with E-state index in [1.807, 2.05) is 48.7 Å². The highest BCUT2D eigenvalue weighted by Crippen LogP contribution is 2.25. The Morgan fingerprint density at radius 1 is 1.11 bits per heavy atom. The summed E-state index contributed by atoms with van der Waals surface area (Å²) in [5, 5.41) is 11.4. The van der Waals surface area contributed by atoms with E-state index in [4.69, 9.17) is 0 Å². The minimum Gasteiger partial charge on any atom is -0.477 e. The molecule has 1 heterocycles. The molecular weight excluding hydrogens is 353 g/mol. The van der Waals surface area contributed by atoms with E-state index in [0.29, 0.717) is 0 Å². The van der Waals surface area contributed by atoms with Crippen molar-refractivity contribution in [3.05, 3.63) is 64.0 Å². The number of hydrogen-bond donors (Lipinski definition) is 1. The predicted molar refractivity (Wildman–Crippen MR) is 83.0 cm³/mol. The van der Waals surface area contributed by atoms with Crippen LogP contribution in [0.25, 0.3) is 16.5 Å². The summed E-state index contributed by atoms with van der Waals surface area (Å²) in [6.07, 6.45) is 1.84. The van der Waals surface area contributed by atoms with Crippen molar-refractivity contribution in [2.45, 2.75) is 0 Å². The van der Waals surface area contributed by atoms with E-state index in [2.05, 4.69) is 22.6 Å². The number of aromatic carboxylic acids is 1. The molecule has 0 saturated carbocycles. The number of hydrogen-bond acceptors (Lipinski definition) is 1. The zero-order chi connectivity index (χ0) is 13.4. The van der Waals surface area contributed by atoms with Gasteiger partial charge in [0.05, 0.1) is 5.69 Å². The molecule has 3 nitrogen and oxygen atoms in total. The number of carboxylic acid groups (broad SMARTS) is 1. The topological polar surface area (TPSA) is 42.2 Å². The largest absolute Gasteiger partial charge is 0.477 e. The first-order valence-electron chi connectivity index (χ1n) is 5.76. The van der Waals surface area contributed by atoms with E-state index in [-0.39, 0.29) is 5.69 Å². The molecule has 0 atom stereocenters. The summed E-state index contributed by atoms with van der Waals surface area (Å²) in [6.45, 7) is 0. The number of aromatic nitrogens is 1. The molecule has 0 fully saturated rings. The predicted octanol–water partition coefficient (Wildman–Crippen LogP) is 3.93. The zero-order valence-electron chi connectivity index (χ0n) is 9.88. The average Bonchev–Trinajstić information content (AvgIpc) is 2.80. The molecule has 94 valence electrons. The van der Waals surface area contributed by atoms with E-state index in [1.54, 1.807) is 10.6 Å². The van der Waals surface area contributed by atoms with Gasteiger partial charge in [-0.3, -0.25) is 0 Å². The quantitative estimate of drug-likeness (QED) is 0.701. The standard InChI is InChI=1S/C15H10INO2/c16-11-8-14(15(18)19)17(9-11)13-7-3-5-10-4-1-2-6-12(10)13/h1-9H,(H,18,19). The third-order valence-electron chi connectivity index (χ3n) is 3.03. The highest BCUT2D eigenvalue weighted by Gasteiger charge is 2.14. The molecule has 0 amide bonds. The monoisotopic (exact) mass is 363 g/mol.